The summed E-state index contributed by atoms with van der Waals surface area (Å²) in [5.41, 5.74) is 3.22. The summed E-state index contributed by atoms with van der Waals surface area (Å²) in [5, 5.41) is 3.86. The fraction of sp³-hybridized carbons (Fsp3) is 0.0952. The Hall–Kier alpha value is -3.72. The quantitative estimate of drug-likeness (QED) is 0.513. The zero-order valence-electron chi connectivity index (χ0n) is 16.0. The van der Waals surface area contributed by atoms with Crippen LogP contribution in [0.2, 0.25) is 0 Å². The van der Waals surface area contributed by atoms with E-state index in [0.29, 0.717) is 34.8 Å². The number of rotatable bonds is 5. The van der Waals surface area contributed by atoms with E-state index >= 15 is 0 Å². The van der Waals surface area contributed by atoms with Crippen molar-refractivity contribution in [3.05, 3.63) is 66.0 Å². The highest BCUT2D eigenvalue weighted by atomic mass is 32.2. The highest BCUT2D eigenvalue weighted by Gasteiger charge is 2.22. The Kier molecular flexibility index (Phi) is 4.25. The topological polar surface area (TPSA) is 109 Å². The third-order valence-corrected chi connectivity index (χ3v) is 6.64. The Labute approximate surface area is 172 Å². The molecule has 30 heavy (non-hydrogen) atoms. The lowest BCUT2D eigenvalue weighted by molar-refractivity contribution is 0.416. The Bertz CT molecular complexity index is 1400. The van der Waals surface area contributed by atoms with Crippen LogP contribution in [0.4, 0.5) is 11.5 Å². The first-order valence-corrected chi connectivity index (χ1v) is 10.7. The largest absolute Gasteiger partial charge is 0.495 e. The number of aromatic amines is 1. The van der Waals surface area contributed by atoms with E-state index in [2.05, 4.69) is 25.3 Å². The molecular formula is C21H17N5O3S. The van der Waals surface area contributed by atoms with Gasteiger partial charge in [0, 0.05) is 6.21 Å². The summed E-state index contributed by atoms with van der Waals surface area (Å²) in [4.78, 5) is 15.9. The van der Waals surface area contributed by atoms with Crippen LogP contribution in [0.25, 0.3) is 11.0 Å². The summed E-state index contributed by atoms with van der Waals surface area (Å²) in [6, 6.07) is 13.7. The number of ether oxygens (including phenoxy) is 1. The minimum atomic E-state index is -3.70. The molecule has 0 saturated heterocycles. The third kappa shape index (κ3) is 3.00. The fourth-order valence-corrected chi connectivity index (χ4v) is 4.69. The van der Waals surface area contributed by atoms with Crippen LogP contribution in [-0.4, -0.2) is 36.7 Å². The highest BCUT2D eigenvalue weighted by Crippen LogP contribution is 2.34. The number of aliphatic imine (C=N–C) groups is 1. The average molecular weight is 419 g/mol. The summed E-state index contributed by atoms with van der Waals surface area (Å²) in [7, 11) is -2.11. The molecule has 8 nitrogen and oxygen atoms in total. The third-order valence-electron chi connectivity index (χ3n) is 4.95. The maximum absolute atomic E-state index is 13.0. The summed E-state index contributed by atoms with van der Waals surface area (Å²) >= 11 is 0. The van der Waals surface area contributed by atoms with E-state index in [4.69, 9.17) is 4.74 Å². The van der Waals surface area contributed by atoms with Crippen LogP contribution in [0.15, 0.2) is 69.8 Å². The molecule has 2 aromatic carbocycles. The molecule has 1 aliphatic heterocycles. The molecule has 2 aromatic heterocycles. The van der Waals surface area contributed by atoms with Gasteiger partial charge >= 0.3 is 0 Å². The number of hydrogen-bond acceptors (Lipinski definition) is 7. The zero-order valence-corrected chi connectivity index (χ0v) is 16.8. The highest BCUT2D eigenvalue weighted by molar-refractivity contribution is 7.91. The maximum Gasteiger partial charge on any atom is 0.221 e. The molecule has 9 heteroatoms. The lowest BCUT2D eigenvalue weighted by Gasteiger charge is -2.13. The number of methoxy groups -OCH3 is 1. The van der Waals surface area contributed by atoms with Crippen LogP contribution in [-0.2, 0) is 16.4 Å². The summed E-state index contributed by atoms with van der Waals surface area (Å²) < 4.78 is 31.4. The Morgan fingerprint density at radius 3 is 2.73 bits per heavy atom. The van der Waals surface area contributed by atoms with Crippen molar-refractivity contribution in [2.24, 2.45) is 4.99 Å². The van der Waals surface area contributed by atoms with Gasteiger partial charge in [-0.3, -0.25) is 4.99 Å². The Balaban J connectivity index is 1.58. The predicted octanol–water partition coefficient (Wildman–Crippen LogP) is 3.48. The van der Waals surface area contributed by atoms with Crippen LogP contribution < -0.4 is 10.1 Å². The van der Waals surface area contributed by atoms with Crippen molar-refractivity contribution in [2.75, 3.05) is 12.4 Å². The molecule has 0 saturated carbocycles. The molecule has 1 aliphatic rings. The molecule has 0 amide bonds. The van der Waals surface area contributed by atoms with Crippen molar-refractivity contribution >= 4 is 38.6 Å². The molecular weight excluding hydrogens is 402 g/mol. The lowest BCUT2D eigenvalue weighted by Crippen LogP contribution is -2.01. The van der Waals surface area contributed by atoms with E-state index in [1.165, 1.54) is 6.33 Å². The smallest absolute Gasteiger partial charge is 0.221 e. The van der Waals surface area contributed by atoms with Gasteiger partial charge in [0.2, 0.25) is 9.84 Å². The van der Waals surface area contributed by atoms with Crippen LogP contribution >= 0.6 is 0 Å². The minimum Gasteiger partial charge on any atom is -0.495 e. The molecule has 2 N–H and O–H groups in total. The van der Waals surface area contributed by atoms with Crippen molar-refractivity contribution in [1.82, 2.24) is 15.0 Å². The van der Waals surface area contributed by atoms with Gasteiger partial charge in [-0.05, 0) is 41.5 Å². The maximum atomic E-state index is 13.0. The van der Waals surface area contributed by atoms with Crippen LogP contribution in [0.1, 0.15) is 11.1 Å². The van der Waals surface area contributed by atoms with Gasteiger partial charge in [0.25, 0.3) is 0 Å². The van der Waals surface area contributed by atoms with Crippen molar-refractivity contribution in [3.63, 3.8) is 0 Å². The van der Waals surface area contributed by atoms with Crippen molar-refractivity contribution in [1.29, 1.82) is 0 Å². The summed E-state index contributed by atoms with van der Waals surface area (Å²) in [6.07, 6.45) is 3.19. The van der Waals surface area contributed by atoms with E-state index in [0.717, 1.165) is 11.1 Å². The monoisotopic (exact) mass is 419 g/mol. The zero-order chi connectivity index (χ0) is 20.7. The lowest BCUT2D eigenvalue weighted by atomic mass is 10.1. The number of H-pyrrole nitrogens is 1. The fourth-order valence-electron chi connectivity index (χ4n) is 3.42. The molecule has 0 aliphatic carbocycles. The van der Waals surface area contributed by atoms with Gasteiger partial charge in [-0.25, -0.2) is 18.4 Å². The first-order chi connectivity index (χ1) is 14.6. The van der Waals surface area contributed by atoms with Crippen LogP contribution in [0.3, 0.4) is 0 Å². The second-order valence-corrected chi connectivity index (χ2v) is 8.70. The van der Waals surface area contributed by atoms with Gasteiger partial charge in [0.15, 0.2) is 0 Å². The first-order valence-electron chi connectivity index (χ1n) is 9.18. The molecule has 3 heterocycles. The molecule has 0 atom stereocenters. The SMILES string of the molecule is COc1cc2c(cc1Nc1ncnc3[nH]c(S(=O)(=O)c4ccccc4)cc13)C=NC2. The molecule has 0 unspecified atom stereocenters. The molecule has 0 radical (unpaired) electrons. The van der Waals surface area contributed by atoms with E-state index in [1.807, 2.05) is 18.3 Å². The first kappa shape index (κ1) is 18.3. The second kappa shape index (κ2) is 6.96. The van der Waals surface area contributed by atoms with E-state index in [1.54, 1.807) is 43.5 Å². The summed E-state index contributed by atoms with van der Waals surface area (Å²) in [6.45, 7) is 0.627. The molecule has 4 aromatic rings. The molecule has 0 fully saturated rings. The van der Waals surface area contributed by atoms with E-state index in [-0.39, 0.29) is 9.92 Å². The van der Waals surface area contributed by atoms with Crippen LogP contribution in [0.5, 0.6) is 5.75 Å². The number of nitrogens with zero attached hydrogens (tertiary/aromatic N) is 3. The summed E-state index contributed by atoms with van der Waals surface area (Å²) in [5.74, 6) is 1.12. The Morgan fingerprint density at radius 1 is 1.10 bits per heavy atom. The van der Waals surface area contributed by atoms with Gasteiger partial charge in [0.1, 0.15) is 28.6 Å². The number of nitrogens with one attached hydrogen (secondary N) is 2. The molecule has 5 rings (SSSR count). The molecule has 150 valence electrons. The van der Waals surface area contributed by atoms with Gasteiger partial charge < -0.3 is 15.0 Å². The van der Waals surface area contributed by atoms with Gasteiger partial charge in [-0.1, -0.05) is 18.2 Å². The Morgan fingerprint density at radius 2 is 1.93 bits per heavy atom. The van der Waals surface area contributed by atoms with Crippen LogP contribution in [0, 0.1) is 0 Å². The number of benzene rings is 2. The number of aromatic nitrogens is 3. The van der Waals surface area contributed by atoms with Gasteiger partial charge in [-0.15, -0.1) is 0 Å². The number of sulfone groups is 1. The van der Waals surface area contributed by atoms with Crippen molar-refractivity contribution in [3.8, 4) is 5.75 Å². The second-order valence-electron chi connectivity index (χ2n) is 6.78. The standard InChI is InChI=1S/C21H17N5O3S/c1-29-18-8-14-11-22-10-13(14)7-17(18)25-20-16-9-19(26-21(16)24-12-23-20)30(27,28)15-5-3-2-4-6-15/h2-10,12H,11H2,1H3,(H2,23,24,25,26). The van der Waals surface area contributed by atoms with E-state index in [9.17, 15) is 8.42 Å². The average Bonchev–Trinajstić information content (AvgIpc) is 3.41. The van der Waals surface area contributed by atoms with Crippen molar-refractivity contribution in [2.45, 2.75) is 16.5 Å². The van der Waals surface area contributed by atoms with Gasteiger partial charge in [-0.2, -0.15) is 0 Å². The van der Waals surface area contributed by atoms with E-state index < -0.39 is 9.84 Å². The number of fused-ring (bicyclic) bond motifs is 2. The normalized spacial score (nSPS) is 12.8. The number of hydrogen-bond donors (Lipinski definition) is 2. The minimum absolute atomic E-state index is 0.0558. The molecule has 0 bridgehead atoms. The van der Waals surface area contributed by atoms with Crippen molar-refractivity contribution < 1.29 is 13.2 Å². The predicted molar refractivity (Wildman–Crippen MR) is 113 cm³/mol. The van der Waals surface area contributed by atoms with Gasteiger partial charge in [0.05, 0.1) is 29.6 Å². The molecule has 0 spiro atoms. The number of anilines is 2.